The Balaban J connectivity index is 1.90. The molecule has 0 spiro atoms. The summed E-state index contributed by atoms with van der Waals surface area (Å²) in [4.78, 5) is 35.9. The average Bonchev–Trinajstić information content (AvgIpc) is 2.64. The van der Waals surface area contributed by atoms with Crippen LogP contribution in [0.4, 0.5) is 0 Å². The van der Waals surface area contributed by atoms with Crippen LogP contribution in [0.3, 0.4) is 0 Å². The second-order valence-electron chi connectivity index (χ2n) is 6.53. The van der Waals surface area contributed by atoms with Crippen molar-refractivity contribution >= 4 is 5.91 Å². The molecule has 1 aromatic carbocycles. The largest absolute Gasteiger partial charge is 0.345 e. The number of aromatic amines is 1. The van der Waals surface area contributed by atoms with Crippen molar-refractivity contribution in [1.82, 2.24) is 20.3 Å². The van der Waals surface area contributed by atoms with E-state index in [-0.39, 0.29) is 23.9 Å². The number of nitrogens with zero attached hydrogens (tertiary/aromatic N) is 2. The van der Waals surface area contributed by atoms with Crippen LogP contribution in [0.5, 0.6) is 0 Å². The van der Waals surface area contributed by atoms with Crippen LogP contribution in [0, 0.1) is 20.8 Å². The summed E-state index contributed by atoms with van der Waals surface area (Å²) >= 11 is 0. The normalized spacial score (nSPS) is 11.8. The molecule has 2 heterocycles. The van der Waals surface area contributed by atoms with Gasteiger partial charge >= 0.3 is 0 Å². The van der Waals surface area contributed by atoms with Crippen LogP contribution >= 0.6 is 0 Å². The molecule has 2 N–H and O–H groups in total. The molecular formula is C21H22N4O2. The first kappa shape index (κ1) is 18.5. The number of pyridine rings is 1. The number of aromatic nitrogens is 3. The van der Waals surface area contributed by atoms with Gasteiger partial charge in [0.1, 0.15) is 5.82 Å². The standard InChI is InChI=1S/C21H22N4O2/c1-13-6-4-5-7-17(13)20(16-8-10-22-11-9-16)25-19(26)12-18-14(2)23-15(3)24-21(18)27/h4-11,20H,12H2,1-3H3,(H,25,26)(H,23,24,27)/t20-/m1/s1. The van der Waals surface area contributed by atoms with Crippen molar-refractivity contribution in [2.45, 2.75) is 33.2 Å². The highest BCUT2D eigenvalue weighted by atomic mass is 16.2. The van der Waals surface area contributed by atoms with Crippen LogP contribution < -0.4 is 10.9 Å². The molecule has 0 aliphatic carbocycles. The van der Waals surface area contributed by atoms with E-state index in [1.807, 2.05) is 43.3 Å². The van der Waals surface area contributed by atoms with Gasteiger partial charge in [-0.05, 0) is 49.6 Å². The predicted octanol–water partition coefficient (Wildman–Crippen LogP) is 2.54. The minimum absolute atomic E-state index is 0.0259. The summed E-state index contributed by atoms with van der Waals surface area (Å²) in [5.41, 5.74) is 3.70. The van der Waals surface area contributed by atoms with Gasteiger partial charge in [-0.3, -0.25) is 14.6 Å². The van der Waals surface area contributed by atoms with E-state index < -0.39 is 0 Å². The summed E-state index contributed by atoms with van der Waals surface area (Å²) in [5.74, 6) is 0.301. The number of carbonyl (C=O) groups excluding carboxylic acids is 1. The number of aryl methyl sites for hydroxylation is 3. The van der Waals surface area contributed by atoms with Gasteiger partial charge in [0, 0.05) is 23.7 Å². The first-order chi connectivity index (χ1) is 13.0. The maximum atomic E-state index is 12.8. The first-order valence-electron chi connectivity index (χ1n) is 8.77. The van der Waals surface area contributed by atoms with Gasteiger partial charge in [0.05, 0.1) is 12.5 Å². The van der Waals surface area contributed by atoms with Crippen LogP contribution in [0.25, 0.3) is 0 Å². The Kier molecular flexibility index (Phi) is 5.45. The molecule has 2 aromatic heterocycles. The van der Waals surface area contributed by atoms with E-state index in [1.54, 1.807) is 26.2 Å². The number of hydrogen-bond acceptors (Lipinski definition) is 4. The third-order valence-electron chi connectivity index (χ3n) is 4.52. The summed E-state index contributed by atoms with van der Waals surface area (Å²) in [5, 5.41) is 3.06. The zero-order valence-corrected chi connectivity index (χ0v) is 15.6. The molecule has 6 nitrogen and oxygen atoms in total. The fourth-order valence-electron chi connectivity index (χ4n) is 3.14. The van der Waals surface area contributed by atoms with Gasteiger partial charge in [0.2, 0.25) is 5.91 Å². The van der Waals surface area contributed by atoms with Crippen LogP contribution in [0.15, 0.2) is 53.6 Å². The van der Waals surface area contributed by atoms with Crippen molar-refractivity contribution in [2.24, 2.45) is 0 Å². The third-order valence-corrected chi connectivity index (χ3v) is 4.52. The van der Waals surface area contributed by atoms with Gasteiger partial charge in [-0.25, -0.2) is 4.98 Å². The lowest BCUT2D eigenvalue weighted by Gasteiger charge is -2.21. The monoisotopic (exact) mass is 362 g/mol. The highest BCUT2D eigenvalue weighted by Gasteiger charge is 2.20. The molecule has 0 aliphatic rings. The number of amides is 1. The van der Waals surface area contributed by atoms with Crippen molar-refractivity contribution in [3.63, 3.8) is 0 Å². The summed E-state index contributed by atoms with van der Waals surface area (Å²) in [6, 6.07) is 11.3. The highest BCUT2D eigenvalue weighted by molar-refractivity contribution is 5.79. The fraction of sp³-hybridized carbons (Fsp3) is 0.238. The summed E-state index contributed by atoms with van der Waals surface area (Å²) in [6.07, 6.45) is 3.37. The summed E-state index contributed by atoms with van der Waals surface area (Å²) < 4.78 is 0. The Morgan fingerprint density at radius 3 is 2.48 bits per heavy atom. The molecule has 1 amide bonds. The predicted molar refractivity (Wildman–Crippen MR) is 103 cm³/mol. The molecule has 0 saturated carbocycles. The van der Waals surface area contributed by atoms with Gasteiger partial charge in [-0.15, -0.1) is 0 Å². The molecule has 0 saturated heterocycles. The Morgan fingerprint density at radius 2 is 1.81 bits per heavy atom. The van der Waals surface area contributed by atoms with E-state index in [4.69, 9.17) is 0 Å². The maximum absolute atomic E-state index is 12.8. The lowest BCUT2D eigenvalue weighted by Crippen LogP contribution is -2.33. The summed E-state index contributed by atoms with van der Waals surface area (Å²) in [6.45, 7) is 5.47. The van der Waals surface area contributed by atoms with Crippen molar-refractivity contribution in [3.8, 4) is 0 Å². The molecule has 0 aliphatic heterocycles. The van der Waals surface area contributed by atoms with Gasteiger partial charge < -0.3 is 10.3 Å². The number of benzene rings is 1. The van der Waals surface area contributed by atoms with Crippen LogP contribution in [0.1, 0.15) is 39.8 Å². The highest BCUT2D eigenvalue weighted by Crippen LogP contribution is 2.24. The Bertz CT molecular complexity index is 1010. The number of rotatable bonds is 5. The van der Waals surface area contributed by atoms with Crippen LogP contribution in [-0.4, -0.2) is 20.9 Å². The van der Waals surface area contributed by atoms with E-state index in [2.05, 4.69) is 20.3 Å². The second-order valence-corrected chi connectivity index (χ2v) is 6.53. The van der Waals surface area contributed by atoms with Gasteiger partial charge in [-0.1, -0.05) is 24.3 Å². The molecule has 27 heavy (non-hydrogen) atoms. The topological polar surface area (TPSA) is 87.7 Å². The van der Waals surface area contributed by atoms with Crippen LogP contribution in [-0.2, 0) is 11.2 Å². The molecule has 0 radical (unpaired) electrons. The molecule has 3 rings (SSSR count). The molecular weight excluding hydrogens is 340 g/mol. The van der Waals surface area contributed by atoms with E-state index in [9.17, 15) is 9.59 Å². The first-order valence-corrected chi connectivity index (χ1v) is 8.77. The number of carbonyl (C=O) groups is 1. The van der Waals surface area contributed by atoms with Gasteiger partial charge in [0.15, 0.2) is 0 Å². The second kappa shape index (κ2) is 7.95. The number of hydrogen-bond donors (Lipinski definition) is 2. The quantitative estimate of drug-likeness (QED) is 0.730. The number of H-pyrrole nitrogens is 1. The molecule has 1 atom stereocenters. The summed E-state index contributed by atoms with van der Waals surface area (Å²) in [7, 11) is 0. The van der Waals surface area contributed by atoms with Crippen molar-refractivity contribution < 1.29 is 4.79 Å². The lowest BCUT2D eigenvalue weighted by molar-refractivity contribution is -0.121. The Labute approximate surface area is 157 Å². The van der Waals surface area contributed by atoms with Gasteiger partial charge in [-0.2, -0.15) is 0 Å². The van der Waals surface area contributed by atoms with E-state index in [1.165, 1.54) is 0 Å². The van der Waals surface area contributed by atoms with Crippen molar-refractivity contribution in [1.29, 1.82) is 0 Å². The third kappa shape index (κ3) is 4.28. The molecule has 138 valence electrons. The SMILES string of the molecule is Cc1nc(C)c(CC(=O)N[C@H](c2ccncc2)c2ccccc2C)c(=O)[nH]1. The van der Waals surface area contributed by atoms with Crippen LogP contribution in [0.2, 0.25) is 0 Å². The smallest absolute Gasteiger partial charge is 0.254 e. The Hall–Kier alpha value is -3.28. The van der Waals surface area contributed by atoms with E-state index in [0.29, 0.717) is 17.1 Å². The average molecular weight is 362 g/mol. The zero-order chi connectivity index (χ0) is 19.4. The molecule has 6 heteroatoms. The molecule has 0 fully saturated rings. The zero-order valence-electron chi connectivity index (χ0n) is 15.6. The Morgan fingerprint density at radius 1 is 1.11 bits per heavy atom. The fourth-order valence-corrected chi connectivity index (χ4v) is 3.14. The van der Waals surface area contributed by atoms with Crippen molar-refractivity contribution in [2.75, 3.05) is 0 Å². The molecule has 0 unspecified atom stereocenters. The lowest BCUT2D eigenvalue weighted by atomic mass is 9.95. The molecule has 0 bridgehead atoms. The van der Waals surface area contributed by atoms with Crippen molar-refractivity contribution in [3.05, 3.63) is 92.9 Å². The van der Waals surface area contributed by atoms with E-state index in [0.717, 1.165) is 16.7 Å². The minimum atomic E-state index is -0.320. The maximum Gasteiger partial charge on any atom is 0.254 e. The number of nitrogens with one attached hydrogen (secondary N) is 2. The molecule has 3 aromatic rings. The van der Waals surface area contributed by atoms with E-state index >= 15 is 0 Å². The van der Waals surface area contributed by atoms with Gasteiger partial charge in [0.25, 0.3) is 5.56 Å². The minimum Gasteiger partial charge on any atom is -0.345 e.